The van der Waals surface area contributed by atoms with Crippen molar-refractivity contribution in [1.82, 2.24) is 5.32 Å². The summed E-state index contributed by atoms with van der Waals surface area (Å²) in [5.41, 5.74) is -0.0200. The van der Waals surface area contributed by atoms with Crippen molar-refractivity contribution < 1.29 is 37.7 Å². The summed E-state index contributed by atoms with van der Waals surface area (Å²) < 4.78 is 37.1. The lowest BCUT2D eigenvalue weighted by Crippen LogP contribution is -2.53. The van der Waals surface area contributed by atoms with Crippen molar-refractivity contribution in [3.05, 3.63) is 35.9 Å². The maximum Gasteiger partial charge on any atom is 0.490 e. The van der Waals surface area contributed by atoms with Crippen LogP contribution in [0.15, 0.2) is 30.3 Å². The summed E-state index contributed by atoms with van der Waals surface area (Å²) in [4.78, 5) is 20.6. The summed E-state index contributed by atoms with van der Waals surface area (Å²) in [5, 5.41) is 20.1. The maximum absolute atomic E-state index is 11.7. The van der Waals surface area contributed by atoms with Crippen molar-refractivity contribution in [1.29, 1.82) is 0 Å². The molecule has 0 unspecified atom stereocenters. The van der Waals surface area contributed by atoms with E-state index in [2.05, 4.69) is 5.32 Å². The van der Waals surface area contributed by atoms with Crippen LogP contribution >= 0.6 is 0 Å². The van der Waals surface area contributed by atoms with Gasteiger partial charge >= 0.3 is 18.1 Å². The van der Waals surface area contributed by atoms with Gasteiger partial charge in [-0.25, -0.2) is 9.59 Å². The van der Waals surface area contributed by atoms with Crippen molar-refractivity contribution in [2.75, 3.05) is 13.7 Å². The van der Waals surface area contributed by atoms with E-state index in [0.717, 1.165) is 24.9 Å². The SMILES string of the molecule is CO[C@@](C)(C(=O)O)[C@@H](Cc1ccccc1)[C@@H]1CCCN1.O=C(O)C(F)(F)F. The van der Waals surface area contributed by atoms with E-state index in [9.17, 15) is 23.1 Å². The van der Waals surface area contributed by atoms with Crippen LogP contribution in [0.25, 0.3) is 0 Å². The molecule has 1 aliphatic rings. The van der Waals surface area contributed by atoms with Gasteiger partial charge in [0.05, 0.1) is 0 Å². The van der Waals surface area contributed by atoms with Gasteiger partial charge in [0.15, 0.2) is 5.60 Å². The number of halogens is 3. The molecule has 0 amide bonds. The van der Waals surface area contributed by atoms with Crippen LogP contribution in [-0.2, 0) is 20.7 Å². The second-order valence-electron chi connectivity index (χ2n) is 6.42. The zero-order chi connectivity index (χ0) is 20.7. The summed E-state index contributed by atoms with van der Waals surface area (Å²) in [5.74, 6) is -3.74. The molecule has 3 N–H and O–H groups in total. The molecule has 0 radical (unpaired) electrons. The van der Waals surface area contributed by atoms with Gasteiger partial charge in [0.2, 0.25) is 0 Å². The van der Waals surface area contributed by atoms with Crippen LogP contribution in [-0.4, -0.2) is 53.6 Å². The van der Waals surface area contributed by atoms with Crippen molar-refractivity contribution in [2.24, 2.45) is 5.92 Å². The molecule has 0 spiro atoms. The number of carbonyl (C=O) groups is 2. The molecular formula is C18H24F3NO5. The number of alkyl halides is 3. The van der Waals surface area contributed by atoms with Gasteiger partial charge < -0.3 is 20.3 Å². The standard InChI is InChI=1S/C16H23NO3.C2HF3O2/c1-16(20-2,15(18)19)13(14-9-6-10-17-14)11-12-7-4-3-5-8-12;3-2(4,5)1(6)7/h3-5,7-8,13-14,17H,6,9-11H2,1-2H3,(H,18,19);(H,6,7)/t13-,14-,16+;/m0./s1. The Bertz CT molecular complexity index is 617. The zero-order valence-corrected chi connectivity index (χ0v) is 15.1. The van der Waals surface area contributed by atoms with Crippen LogP contribution in [0.1, 0.15) is 25.3 Å². The van der Waals surface area contributed by atoms with Crippen LogP contribution in [0.2, 0.25) is 0 Å². The van der Waals surface area contributed by atoms with Crippen molar-refractivity contribution in [3.63, 3.8) is 0 Å². The van der Waals surface area contributed by atoms with E-state index in [0.29, 0.717) is 6.42 Å². The lowest BCUT2D eigenvalue weighted by atomic mass is 9.78. The van der Waals surface area contributed by atoms with E-state index in [1.54, 1.807) is 6.92 Å². The first-order valence-electron chi connectivity index (χ1n) is 8.38. The normalized spacial score (nSPS) is 20.1. The molecule has 0 aromatic heterocycles. The summed E-state index contributed by atoms with van der Waals surface area (Å²) in [6.07, 6.45) is -2.28. The third-order valence-corrected chi connectivity index (χ3v) is 4.68. The summed E-state index contributed by atoms with van der Waals surface area (Å²) in [6.45, 7) is 2.64. The van der Waals surface area contributed by atoms with Crippen LogP contribution in [0.3, 0.4) is 0 Å². The van der Waals surface area contributed by atoms with Gasteiger partial charge in [0.25, 0.3) is 0 Å². The van der Waals surface area contributed by atoms with Crippen LogP contribution in [0, 0.1) is 5.92 Å². The highest BCUT2D eigenvalue weighted by Gasteiger charge is 2.46. The Morgan fingerprint density at radius 2 is 1.78 bits per heavy atom. The number of nitrogens with one attached hydrogen (secondary N) is 1. The van der Waals surface area contributed by atoms with E-state index in [1.807, 2.05) is 30.3 Å². The second-order valence-corrected chi connectivity index (χ2v) is 6.42. The van der Waals surface area contributed by atoms with Crippen molar-refractivity contribution in [2.45, 2.75) is 44.0 Å². The van der Waals surface area contributed by atoms with Gasteiger partial charge in [-0.1, -0.05) is 30.3 Å². The molecule has 3 atom stereocenters. The highest BCUT2D eigenvalue weighted by Crippen LogP contribution is 2.32. The lowest BCUT2D eigenvalue weighted by Gasteiger charge is -2.36. The van der Waals surface area contributed by atoms with E-state index in [1.165, 1.54) is 7.11 Å². The van der Waals surface area contributed by atoms with Crippen molar-refractivity contribution >= 4 is 11.9 Å². The number of benzene rings is 1. The number of carboxylic acid groups (broad SMARTS) is 2. The predicted octanol–water partition coefficient (Wildman–Crippen LogP) is 2.72. The van der Waals surface area contributed by atoms with Crippen LogP contribution < -0.4 is 5.32 Å². The average molecular weight is 391 g/mol. The van der Waals surface area contributed by atoms with Gasteiger partial charge in [0.1, 0.15) is 0 Å². The van der Waals surface area contributed by atoms with E-state index < -0.39 is 23.7 Å². The summed E-state index contributed by atoms with van der Waals surface area (Å²) in [6, 6.07) is 10.2. The molecule has 1 heterocycles. The lowest BCUT2D eigenvalue weighted by molar-refractivity contribution is -0.192. The zero-order valence-electron chi connectivity index (χ0n) is 15.1. The fourth-order valence-electron chi connectivity index (χ4n) is 3.04. The molecule has 2 rings (SSSR count). The minimum absolute atomic E-state index is 0.0881. The first-order chi connectivity index (χ1) is 12.5. The van der Waals surface area contributed by atoms with Crippen LogP contribution in [0.5, 0.6) is 0 Å². The van der Waals surface area contributed by atoms with E-state index in [4.69, 9.17) is 14.6 Å². The van der Waals surface area contributed by atoms with Crippen LogP contribution in [0.4, 0.5) is 13.2 Å². The number of hydrogen-bond donors (Lipinski definition) is 3. The Balaban J connectivity index is 0.000000445. The number of ether oxygens (including phenoxy) is 1. The molecule has 1 fully saturated rings. The molecule has 1 aromatic carbocycles. The van der Waals surface area contributed by atoms with Gasteiger partial charge in [-0.05, 0) is 38.3 Å². The monoisotopic (exact) mass is 391 g/mol. The first kappa shape index (κ1) is 22.9. The Morgan fingerprint density at radius 3 is 2.15 bits per heavy atom. The molecular weight excluding hydrogens is 367 g/mol. The Kier molecular flexibility index (Phi) is 8.23. The molecule has 1 aromatic rings. The molecule has 27 heavy (non-hydrogen) atoms. The predicted molar refractivity (Wildman–Crippen MR) is 91.4 cm³/mol. The summed E-state index contributed by atoms with van der Waals surface area (Å²) >= 11 is 0. The molecule has 6 nitrogen and oxygen atoms in total. The highest BCUT2D eigenvalue weighted by atomic mass is 19.4. The van der Waals surface area contributed by atoms with Gasteiger partial charge in [-0.3, -0.25) is 0 Å². The maximum atomic E-state index is 11.7. The number of carboxylic acids is 2. The Labute approximate surface area is 155 Å². The number of methoxy groups -OCH3 is 1. The fraction of sp³-hybridized carbons (Fsp3) is 0.556. The Morgan fingerprint density at radius 1 is 1.22 bits per heavy atom. The van der Waals surface area contributed by atoms with Gasteiger partial charge in [-0.2, -0.15) is 13.2 Å². The number of aliphatic carboxylic acids is 2. The average Bonchev–Trinajstić information content (AvgIpc) is 3.13. The minimum Gasteiger partial charge on any atom is -0.479 e. The van der Waals surface area contributed by atoms with E-state index in [-0.39, 0.29) is 12.0 Å². The highest BCUT2D eigenvalue weighted by molar-refractivity contribution is 5.77. The quantitative estimate of drug-likeness (QED) is 0.690. The molecule has 152 valence electrons. The smallest absolute Gasteiger partial charge is 0.479 e. The molecule has 1 aliphatic heterocycles. The first-order valence-corrected chi connectivity index (χ1v) is 8.38. The molecule has 0 aliphatic carbocycles. The number of hydrogen-bond acceptors (Lipinski definition) is 4. The third-order valence-electron chi connectivity index (χ3n) is 4.68. The molecule has 1 saturated heterocycles. The van der Waals surface area contributed by atoms with Gasteiger partial charge in [-0.15, -0.1) is 0 Å². The van der Waals surface area contributed by atoms with E-state index >= 15 is 0 Å². The topological polar surface area (TPSA) is 95.9 Å². The second kappa shape index (κ2) is 9.70. The minimum atomic E-state index is -5.08. The Hall–Kier alpha value is -2.13. The number of rotatable bonds is 6. The fourth-order valence-corrected chi connectivity index (χ4v) is 3.04. The van der Waals surface area contributed by atoms with Gasteiger partial charge in [0, 0.05) is 19.1 Å². The molecule has 0 bridgehead atoms. The summed E-state index contributed by atoms with van der Waals surface area (Å²) in [7, 11) is 1.49. The molecule has 9 heteroatoms. The largest absolute Gasteiger partial charge is 0.490 e. The van der Waals surface area contributed by atoms with Crippen molar-refractivity contribution in [3.8, 4) is 0 Å². The molecule has 0 saturated carbocycles. The third kappa shape index (κ3) is 6.51.